The van der Waals surface area contributed by atoms with Crippen molar-refractivity contribution in [3.05, 3.63) is 40.5 Å². The molecule has 2 N–H and O–H groups in total. The first-order chi connectivity index (χ1) is 9.32. The number of alkyl halides is 3. The van der Waals surface area contributed by atoms with E-state index in [4.69, 9.17) is 22.1 Å². The summed E-state index contributed by atoms with van der Waals surface area (Å²) in [6.45, 7) is 0. The molecule has 108 valence electrons. The van der Waals surface area contributed by atoms with Gasteiger partial charge in [0.15, 0.2) is 5.82 Å². The molecule has 2 rings (SSSR count). The third kappa shape index (κ3) is 2.86. The Balaban J connectivity index is 2.29. The summed E-state index contributed by atoms with van der Waals surface area (Å²) >= 11 is 5.91. The van der Waals surface area contributed by atoms with E-state index in [-0.39, 0.29) is 10.8 Å². The molecule has 0 aliphatic carbocycles. The Kier molecular flexibility index (Phi) is 3.87. The van der Waals surface area contributed by atoms with Crippen LogP contribution in [0.2, 0.25) is 5.02 Å². The van der Waals surface area contributed by atoms with Crippen LogP contribution in [-0.2, 0) is 6.18 Å². The zero-order valence-corrected chi connectivity index (χ0v) is 10.9. The van der Waals surface area contributed by atoms with Crippen LogP contribution in [0.4, 0.5) is 13.2 Å². The van der Waals surface area contributed by atoms with E-state index in [2.05, 4.69) is 14.7 Å². The molecule has 0 fully saturated rings. The van der Waals surface area contributed by atoms with Crippen LogP contribution in [0.15, 0.2) is 22.7 Å². The zero-order chi connectivity index (χ0) is 14.9. The third-order valence-corrected chi connectivity index (χ3v) is 2.79. The Labute approximate surface area is 116 Å². The van der Waals surface area contributed by atoms with Gasteiger partial charge in [-0.1, -0.05) is 22.8 Å². The van der Waals surface area contributed by atoms with E-state index in [0.29, 0.717) is 11.3 Å². The number of ether oxygens (including phenoxy) is 1. The molecular formula is C11H9ClF3N3O2. The average molecular weight is 308 g/mol. The van der Waals surface area contributed by atoms with Crippen molar-refractivity contribution in [2.75, 3.05) is 7.11 Å². The van der Waals surface area contributed by atoms with Gasteiger partial charge in [-0.2, -0.15) is 18.2 Å². The van der Waals surface area contributed by atoms with Crippen LogP contribution in [0, 0.1) is 0 Å². The van der Waals surface area contributed by atoms with E-state index >= 15 is 0 Å². The fourth-order valence-corrected chi connectivity index (χ4v) is 1.77. The first-order valence-corrected chi connectivity index (χ1v) is 5.70. The highest BCUT2D eigenvalue weighted by molar-refractivity contribution is 6.32. The van der Waals surface area contributed by atoms with Gasteiger partial charge in [-0.05, 0) is 17.7 Å². The molecule has 0 spiro atoms. The normalized spacial score (nSPS) is 13.3. The molecule has 0 saturated heterocycles. The second kappa shape index (κ2) is 5.29. The van der Waals surface area contributed by atoms with Gasteiger partial charge in [0.1, 0.15) is 5.75 Å². The molecule has 1 atom stereocenters. The van der Waals surface area contributed by atoms with Crippen molar-refractivity contribution in [2.24, 2.45) is 5.73 Å². The van der Waals surface area contributed by atoms with Gasteiger partial charge in [0, 0.05) is 0 Å². The van der Waals surface area contributed by atoms with Crippen molar-refractivity contribution in [1.82, 2.24) is 10.1 Å². The Morgan fingerprint density at radius 2 is 2.10 bits per heavy atom. The van der Waals surface area contributed by atoms with Crippen LogP contribution in [0.25, 0.3) is 0 Å². The zero-order valence-electron chi connectivity index (χ0n) is 10.1. The van der Waals surface area contributed by atoms with E-state index in [1.165, 1.54) is 13.2 Å². The Morgan fingerprint density at radius 3 is 2.60 bits per heavy atom. The molecule has 5 nitrogen and oxygen atoms in total. The first-order valence-electron chi connectivity index (χ1n) is 5.32. The highest BCUT2D eigenvalue weighted by Gasteiger charge is 2.39. The SMILES string of the molecule is COc1ccc(C(N)c2noc(C(F)(F)F)n2)cc1Cl. The third-order valence-electron chi connectivity index (χ3n) is 2.50. The van der Waals surface area contributed by atoms with E-state index in [0.717, 1.165) is 0 Å². The summed E-state index contributed by atoms with van der Waals surface area (Å²) in [5, 5.41) is 3.50. The summed E-state index contributed by atoms with van der Waals surface area (Å²) in [6, 6.07) is 3.58. The van der Waals surface area contributed by atoms with Crippen LogP contribution >= 0.6 is 11.6 Å². The Hall–Kier alpha value is -1.80. The molecular weight excluding hydrogens is 299 g/mol. The first kappa shape index (κ1) is 14.6. The summed E-state index contributed by atoms with van der Waals surface area (Å²) in [5.74, 6) is -1.30. The largest absolute Gasteiger partial charge is 0.495 e. The van der Waals surface area contributed by atoms with Crippen LogP contribution in [0.1, 0.15) is 23.3 Å². The fraction of sp³-hybridized carbons (Fsp3) is 0.273. The lowest BCUT2D eigenvalue weighted by atomic mass is 10.1. The summed E-state index contributed by atoms with van der Waals surface area (Å²) in [7, 11) is 1.44. The van der Waals surface area contributed by atoms with E-state index in [9.17, 15) is 13.2 Å². The molecule has 0 radical (unpaired) electrons. The van der Waals surface area contributed by atoms with E-state index < -0.39 is 18.1 Å². The van der Waals surface area contributed by atoms with Crippen molar-refractivity contribution in [3.63, 3.8) is 0 Å². The number of hydrogen-bond donors (Lipinski definition) is 1. The van der Waals surface area contributed by atoms with E-state index in [1.54, 1.807) is 12.1 Å². The van der Waals surface area contributed by atoms with Crippen LogP contribution < -0.4 is 10.5 Å². The van der Waals surface area contributed by atoms with Crippen molar-refractivity contribution in [2.45, 2.75) is 12.2 Å². The van der Waals surface area contributed by atoms with Crippen molar-refractivity contribution in [1.29, 1.82) is 0 Å². The average Bonchev–Trinajstić information content (AvgIpc) is 2.87. The summed E-state index contributed by atoms with van der Waals surface area (Å²) < 4.78 is 46.2. The molecule has 1 unspecified atom stereocenters. The van der Waals surface area contributed by atoms with Gasteiger partial charge in [-0.15, -0.1) is 0 Å². The van der Waals surface area contributed by atoms with Crippen LogP contribution in [0.3, 0.4) is 0 Å². The fourth-order valence-electron chi connectivity index (χ4n) is 1.50. The number of rotatable bonds is 3. The number of hydrogen-bond acceptors (Lipinski definition) is 5. The van der Waals surface area contributed by atoms with Gasteiger partial charge >= 0.3 is 12.1 Å². The number of nitrogens with two attached hydrogens (primary N) is 1. The highest BCUT2D eigenvalue weighted by Crippen LogP contribution is 2.31. The lowest BCUT2D eigenvalue weighted by molar-refractivity contribution is -0.159. The quantitative estimate of drug-likeness (QED) is 0.943. The molecule has 0 aliphatic heterocycles. The molecule has 0 saturated carbocycles. The van der Waals surface area contributed by atoms with Gasteiger partial charge < -0.3 is 15.0 Å². The van der Waals surface area contributed by atoms with Crippen molar-refractivity contribution in [3.8, 4) is 5.75 Å². The van der Waals surface area contributed by atoms with Gasteiger partial charge in [0.05, 0.1) is 18.2 Å². The van der Waals surface area contributed by atoms with Crippen molar-refractivity contribution < 1.29 is 22.4 Å². The number of benzene rings is 1. The maximum Gasteiger partial charge on any atom is 0.471 e. The Morgan fingerprint density at radius 1 is 1.40 bits per heavy atom. The van der Waals surface area contributed by atoms with Gasteiger partial charge in [-0.25, -0.2) is 0 Å². The standard InChI is InChI=1S/C11H9ClF3N3O2/c1-19-7-3-2-5(4-6(7)12)8(16)9-17-10(20-18-9)11(13,14)15/h2-4,8H,16H2,1H3. The minimum Gasteiger partial charge on any atom is -0.495 e. The molecule has 0 bridgehead atoms. The van der Waals surface area contributed by atoms with Crippen LogP contribution in [-0.4, -0.2) is 17.3 Å². The second-order valence-electron chi connectivity index (χ2n) is 3.83. The molecule has 2 aromatic rings. The highest BCUT2D eigenvalue weighted by atomic mass is 35.5. The summed E-state index contributed by atoms with van der Waals surface area (Å²) in [4.78, 5) is 3.23. The van der Waals surface area contributed by atoms with Gasteiger partial charge in [0.25, 0.3) is 0 Å². The van der Waals surface area contributed by atoms with Gasteiger partial charge in [-0.3, -0.25) is 0 Å². The summed E-state index contributed by atoms with van der Waals surface area (Å²) in [6.07, 6.45) is -4.71. The van der Waals surface area contributed by atoms with Crippen molar-refractivity contribution >= 4 is 11.6 Å². The molecule has 1 heterocycles. The minimum atomic E-state index is -4.71. The maximum absolute atomic E-state index is 12.4. The molecule has 9 heteroatoms. The Bertz CT molecular complexity index is 615. The maximum atomic E-state index is 12.4. The number of nitrogens with zero attached hydrogens (tertiary/aromatic N) is 2. The lowest BCUT2D eigenvalue weighted by Gasteiger charge is -2.10. The second-order valence-corrected chi connectivity index (χ2v) is 4.23. The number of methoxy groups -OCH3 is 1. The molecule has 0 amide bonds. The lowest BCUT2D eigenvalue weighted by Crippen LogP contribution is -2.14. The van der Waals surface area contributed by atoms with Gasteiger partial charge in [0.2, 0.25) is 0 Å². The molecule has 1 aromatic carbocycles. The molecule has 1 aromatic heterocycles. The van der Waals surface area contributed by atoms with E-state index in [1.807, 2.05) is 0 Å². The summed E-state index contributed by atoms with van der Waals surface area (Å²) in [5.41, 5.74) is 6.22. The monoisotopic (exact) mass is 307 g/mol. The molecule has 0 aliphatic rings. The predicted octanol–water partition coefficient (Wildman–Crippen LogP) is 2.80. The van der Waals surface area contributed by atoms with Crippen LogP contribution in [0.5, 0.6) is 5.75 Å². The number of halogens is 4. The topological polar surface area (TPSA) is 74.2 Å². The minimum absolute atomic E-state index is 0.278. The smallest absolute Gasteiger partial charge is 0.471 e. The number of aromatic nitrogens is 2. The molecule has 20 heavy (non-hydrogen) atoms. The predicted molar refractivity (Wildman–Crippen MR) is 63.3 cm³/mol.